The molecule has 1 heterocycles. The van der Waals surface area contributed by atoms with E-state index in [1.807, 2.05) is 0 Å². The number of nitrogens with zero attached hydrogens (tertiary/aromatic N) is 2. The van der Waals surface area contributed by atoms with Crippen molar-refractivity contribution in [3.8, 4) is 0 Å². The molecule has 21 heavy (non-hydrogen) atoms. The van der Waals surface area contributed by atoms with Crippen molar-refractivity contribution < 1.29 is 8.42 Å². The van der Waals surface area contributed by atoms with Crippen LogP contribution in [0.15, 0.2) is 21.5 Å². The highest BCUT2D eigenvalue weighted by atomic mass is 79.9. The Morgan fingerprint density at radius 1 is 1.19 bits per heavy atom. The summed E-state index contributed by atoms with van der Waals surface area (Å²) >= 11 is 3.33. The Morgan fingerprint density at radius 3 is 2.38 bits per heavy atom. The molecule has 1 saturated carbocycles. The Bertz CT molecular complexity index is 650. The molecule has 2 N–H and O–H groups in total. The maximum Gasteiger partial charge on any atom is 0.243 e. The monoisotopic (exact) mass is 373 g/mol. The smallest absolute Gasteiger partial charge is 0.243 e. The van der Waals surface area contributed by atoms with Gasteiger partial charge in [0.1, 0.15) is 0 Å². The second kappa shape index (κ2) is 5.53. The van der Waals surface area contributed by atoms with E-state index < -0.39 is 10.0 Å². The summed E-state index contributed by atoms with van der Waals surface area (Å²) in [6.07, 6.45) is 2.52. The summed E-state index contributed by atoms with van der Waals surface area (Å²) < 4.78 is 27.9. The van der Waals surface area contributed by atoms with Crippen molar-refractivity contribution >= 4 is 31.6 Å². The van der Waals surface area contributed by atoms with Crippen LogP contribution in [0.4, 0.5) is 5.69 Å². The molecule has 0 aromatic heterocycles. The van der Waals surface area contributed by atoms with E-state index in [-0.39, 0.29) is 0 Å². The molecular formula is C14H20BrN3O2S. The normalized spacial score (nSPS) is 21.6. The van der Waals surface area contributed by atoms with Gasteiger partial charge in [-0.3, -0.25) is 4.90 Å². The summed E-state index contributed by atoms with van der Waals surface area (Å²) in [4.78, 5) is 2.71. The van der Waals surface area contributed by atoms with Gasteiger partial charge in [0.15, 0.2) is 0 Å². The van der Waals surface area contributed by atoms with Crippen molar-refractivity contribution in [3.05, 3.63) is 22.2 Å². The highest BCUT2D eigenvalue weighted by Crippen LogP contribution is 2.31. The van der Waals surface area contributed by atoms with E-state index in [4.69, 9.17) is 5.73 Å². The number of benzene rings is 1. The third-order valence-electron chi connectivity index (χ3n) is 4.32. The summed E-state index contributed by atoms with van der Waals surface area (Å²) in [5.41, 5.74) is 7.02. The molecule has 3 rings (SSSR count). The van der Waals surface area contributed by atoms with Crippen LogP contribution in [-0.2, 0) is 10.0 Å². The summed E-state index contributed by atoms with van der Waals surface area (Å²) in [5.74, 6) is 0. The Hall–Kier alpha value is -0.630. The van der Waals surface area contributed by atoms with Crippen LogP contribution in [0.2, 0.25) is 0 Å². The fourth-order valence-corrected chi connectivity index (χ4v) is 5.16. The molecular weight excluding hydrogens is 354 g/mol. The van der Waals surface area contributed by atoms with Gasteiger partial charge in [-0.25, -0.2) is 8.42 Å². The van der Waals surface area contributed by atoms with E-state index in [0.717, 1.165) is 13.1 Å². The SMILES string of the molecule is Cc1c(N)cc(Br)cc1S(=O)(=O)N1CCN(C2CC2)CC1. The quantitative estimate of drug-likeness (QED) is 0.820. The number of hydrogen-bond donors (Lipinski definition) is 1. The molecule has 1 saturated heterocycles. The van der Waals surface area contributed by atoms with E-state index in [1.54, 1.807) is 23.4 Å². The molecule has 0 radical (unpaired) electrons. The Labute approximate surface area is 134 Å². The molecule has 0 spiro atoms. The third kappa shape index (κ3) is 2.97. The average molecular weight is 374 g/mol. The number of halogens is 1. The Morgan fingerprint density at radius 2 is 1.81 bits per heavy atom. The van der Waals surface area contributed by atoms with Gasteiger partial charge in [-0.05, 0) is 37.5 Å². The average Bonchev–Trinajstić information content (AvgIpc) is 3.27. The lowest BCUT2D eigenvalue weighted by Crippen LogP contribution is -2.49. The Balaban J connectivity index is 1.84. The minimum absolute atomic E-state index is 0.314. The number of anilines is 1. The molecule has 1 aliphatic carbocycles. The van der Waals surface area contributed by atoms with Gasteiger partial charge in [-0.15, -0.1) is 0 Å². The lowest BCUT2D eigenvalue weighted by Gasteiger charge is -2.34. The molecule has 1 aromatic carbocycles. The zero-order valence-electron chi connectivity index (χ0n) is 12.0. The van der Waals surface area contributed by atoms with E-state index in [9.17, 15) is 8.42 Å². The van der Waals surface area contributed by atoms with E-state index >= 15 is 0 Å². The molecule has 0 bridgehead atoms. The second-order valence-electron chi connectivity index (χ2n) is 5.79. The van der Waals surface area contributed by atoms with Crippen molar-refractivity contribution in [3.63, 3.8) is 0 Å². The second-order valence-corrected chi connectivity index (χ2v) is 8.61. The van der Waals surface area contributed by atoms with Crippen molar-refractivity contribution in [2.24, 2.45) is 0 Å². The predicted molar refractivity (Wildman–Crippen MR) is 86.6 cm³/mol. The van der Waals surface area contributed by atoms with Crippen molar-refractivity contribution in [1.82, 2.24) is 9.21 Å². The van der Waals surface area contributed by atoms with Gasteiger partial charge in [0, 0.05) is 42.4 Å². The minimum Gasteiger partial charge on any atom is -0.398 e. The topological polar surface area (TPSA) is 66.6 Å². The number of piperazine rings is 1. The number of nitrogens with two attached hydrogens (primary N) is 1. The van der Waals surface area contributed by atoms with E-state index in [0.29, 0.717) is 39.8 Å². The van der Waals surface area contributed by atoms with Crippen LogP contribution in [0.5, 0.6) is 0 Å². The molecule has 2 fully saturated rings. The summed E-state index contributed by atoms with van der Waals surface area (Å²) in [7, 11) is -3.47. The van der Waals surface area contributed by atoms with Gasteiger partial charge in [0.25, 0.3) is 0 Å². The molecule has 2 aliphatic rings. The van der Waals surface area contributed by atoms with Gasteiger partial charge in [-0.2, -0.15) is 4.31 Å². The predicted octanol–water partition coefficient (Wildman–Crippen LogP) is 1.81. The van der Waals surface area contributed by atoms with Crippen molar-refractivity contribution in [2.45, 2.75) is 30.7 Å². The third-order valence-corrected chi connectivity index (χ3v) is 6.80. The zero-order chi connectivity index (χ0) is 15.2. The molecule has 7 heteroatoms. The first-order valence-electron chi connectivity index (χ1n) is 7.19. The minimum atomic E-state index is -3.47. The van der Waals surface area contributed by atoms with E-state index in [2.05, 4.69) is 20.8 Å². The Kier molecular flexibility index (Phi) is 4.02. The summed E-state index contributed by atoms with van der Waals surface area (Å²) in [6, 6.07) is 4.08. The highest BCUT2D eigenvalue weighted by Gasteiger charge is 2.35. The van der Waals surface area contributed by atoms with Crippen LogP contribution in [-0.4, -0.2) is 49.8 Å². The van der Waals surface area contributed by atoms with Crippen LogP contribution >= 0.6 is 15.9 Å². The van der Waals surface area contributed by atoms with Crippen LogP contribution in [0.25, 0.3) is 0 Å². The van der Waals surface area contributed by atoms with Crippen LogP contribution in [0.3, 0.4) is 0 Å². The maximum absolute atomic E-state index is 12.8. The van der Waals surface area contributed by atoms with Crippen LogP contribution in [0.1, 0.15) is 18.4 Å². The number of sulfonamides is 1. The fraction of sp³-hybridized carbons (Fsp3) is 0.571. The van der Waals surface area contributed by atoms with Gasteiger partial charge < -0.3 is 5.73 Å². The van der Waals surface area contributed by atoms with Gasteiger partial charge in [0.2, 0.25) is 10.0 Å². The maximum atomic E-state index is 12.8. The molecule has 5 nitrogen and oxygen atoms in total. The summed E-state index contributed by atoms with van der Waals surface area (Å²) in [5, 5.41) is 0. The fourth-order valence-electron chi connectivity index (χ4n) is 2.83. The molecule has 0 amide bonds. The first kappa shape index (κ1) is 15.3. The molecule has 1 aliphatic heterocycles. The molecule has 1 aromatic rings. The lowest BCUT2D eigenvalue weighted by atomic mass is 10.2. The first-order valence-corrected chi connectivity index (χ1v) is 9.43. The van der Waals surface area contributed by atoms with E-state index in [1.165, 1.54) is 12.8 Å². The molecule has 0 atom stereocenters. The van der Waals surface area contributed by atoms with Crippen molar-refractivity contribution in [1.29, 1.82) is 0 Å². The largest absolute Gasteiger partial charge is 0.398 e. The van der Waals surface area contributed by atoms with Gasteiger partial charge >= 0.3 is 0 Å². The van der Waals surface area contributed by atoms with Gasteiger partial charge in [0.05, 0.1) is 4.90 Å². The number of hydrogen-bond acceptors (Lipinski definition) is 4. The first-order chi connectivity index (χ1) is 9.89. The van der Waals surface area contributed by atoms with Crippen LogP contribution < -0.4 is 5.73 Å². The highest BCUT2D eigenvalue weighted by molar-refractivity contribution is 9.10. The number of nitrogen functional groups attached to an aromatic ring is 1. The van der Waals surface area contributed by atoms with Crippen LogP contribution in [0, 0.1) is 6.92 Å². The standard InChI is InChI=1S/C14H20BrN3O2S/c1-10-13(16)8-11(15)9-14(10)21(19,20)18-6-4-17(5-7-18)12-2-3-12/h8-9,12H,2-7,16H2,1H3. The summed E-state index contributed by atoms with van der Waals surface area (Å²) in [6.45, 7) is 4.53. The molecule has 116 valence electrons. The molecule has 0 unspecified atom stereocenters. The van der Waals surface area contributed by atoms with Gasteiger partial charge in [-0.1, -0.05) is 15.9 Å². The van der Waals surface area contributed by atoms with Crippen molar-refractivity contribution in [2.75, 3.05) is 31.9 Å². The lowest BCUT2D eigenvalue weighted by molar-refractivity contribution is 0.180. The number of rotatable bonds is 3. The zero-order valence-corrected chi connectivity index (χ0v) is 14.5.